The second kappa shape index (κ2) is 3.83. The van der Waals surface area contributed by atoms with Gasteiger partial charge in [0, 0.05) is 5.54 Å². The van der Waals surface area contributed by atoms with Crippen molar-refractivity contribution in [2.24, 2.45) is 0 Å². The third kappa shape index (κ3) is 2.49. The lowest BCUT2D eigenvalue weighted by atomic mass is 10.1. The van der Waals surface area contributed by atoms with Crippen LogP contribution in [0.2, 0.25) is 0 Å². The minimum atomic E-state index is -4.40. The number of rotatable bonds is 1. The summed E-state index contributed by atoms with van der Waals surface area (Å²) in [6.45, 7) is 0. The lowest BCUT2D eigenvalue weighted by molar-refractivity contribution is -0.0687. The van der Waals surface area contributed by atoms with Gasteiger partial charge < -0.3 is 0 Å². The summed E-state index contributed by atoms with van der Waals surface area (Å²) in [7, 11) is 0. The SMILES string of the molecule is FC(F)(F)/C(=C\Cl)c1ccccc1. The highest BCUT2D eigenvalue weighted by molar-refractivity contribution is 6.28. The van der Waals surface area contributed by atoms with Gasteiger partial charge in [-0.3, -0.25) is 0 Å². The normalized spacial score (nSPS) is 13.1. The van der Waals surface area contributed by atoms with E-state index in [2.05, 4.69) is 0 Å². The quantitative estimate of drug-likeness (QED) is 0.655. The highest BCUT2D eigenvalue weighted by atomic mass is 35.5. The van der Waals surface area contributed by atoms with Gasteiger partial charge >= 0.3 is 6.18 Å². The summed E-state index contributed by atoms with van der Waals surface area (Å²) in [5, 5.41) is 0. The number of halogens is 4. The molecule has 1 rings (SSSR count). The van der Waals surface area contributed by atoms with Gasteiger partial charge in [0.2, 0.25) is 0 Å². The van der Waals surface area contributed by atoms with Gasteiger partial charge in [0.05, 0.1) is 5.57 Å². The lowest BCUT2D eigenvalue weighted by Gasteiger charge is -2.09. The van der Waals surface area contributed by atoms with Gasteiger partial charge in [0.1, 0.15) is 0 Å². The Morgan fingerprint density at radius 3 is 2.08 bits per heavy atom. The molecule has 1 aromatic rings. The van der Waals surface area contributed by atoms with Crippen molar-refractivity contribution in [3.05, 3.63) is 41.4 Å². The second-order valence-electron chi connectivity index (χ2n) is 2.39. The van der Waals surface area contributed by atoms with Gasteiger partial charge in [-0.15, -0.1) is 0 Å². The highest BCUT2D eigenvalue weighted by Gasteiger charge is 2.34. The molecule has 0 saturated carbocycles. The Morgan fingerprint density at radius 2 is 1.69 bits per heavy atom. The van der Waals surface area contributed by atoms with E-state index in [0.29, 0.717) is 5.54 Å². The maximum Gasteiger partial charge on any atom is 0.417 e. The van der Waals surface area contributed by atoms with Crippen LogP contribution in [0, 0.1) is 0 Å². The standard InChI is InChI=1S/C9H6ClF3/c10-6-8(9(11,12)13)7-4-2-1-3-5-7/h1-6H/b8-6-. The van der Waals surface area contributed by atoms with Crippen molar-refractivity contribution in [3.63, 3.8) is 0 Å². The first-order valence-corrected chi connectivity index (χ1v) is 3.92. The van der Waals surface area contributed by atoms with Crippen molar-refractivity contribution < 1.29 is 13.2 Å². The van der Waals surface area contributed by atoms with Crippen LogP contribution < -0.4 is 0 Å². The van der Waals surface area contributed by atoms with E-state index >= 15 is 0 Å². The van der Waals surface area contributed by atoms with Crippen molar-refractivity contribution in [2.45, 2.75) is 6.18 Å². The van der Waals surface area contributed by atoms with E-state index in [9.17, 15) is 13.2 Å². The molecule has 0 fully saturated rings. The molecule has 0 heterocycles. The molecule has 0 amide bonds. The zero-order valence-electron chi connectivity index (χ0n) is 6.48. The van der Waals surface area contributed by atoms with Gasteiger partial charge in [-0.05, 0) is 5.56 Å². The average Bonchev–Trinajstić information content (AvgIpc) is 2.05. The van der Waals surface area contributed by atoms with Crippen LogP contribution in [0.15, 0.2) is 35.9 Å². The third-order valence-electron chi connectivity index (χ3n) is 1.50. The van der Waals surface area contributed by atoms with E-state index in [1.807, 2.05) is 0 Å². The zero-order chi connectivity index (χ0) is 9.90. The van der Waals surface area contributed by atoms with E-state index in [0.717, 1.165) is 0 Å². The number of allylic oxidation sites excluding steroid dienone is 1. The molecule has 0 aliphatic rings. The Labute approximate surface area is 78.6 Å². The molecular formula is C9H6ClF3. The Morgan fingerprint density at radius 1 is 1.15 bits per heavy atom. The second-order valence-corrected chi connectivity index (χ2v) is 2.60. The predicted molar refractivity (Wildman–Crippen MR) is 46.3 cm³/mol. The van der Waals surface area contributed by atoms with Crippen LogP contribution in [-0.4, -0.2) is 6.18 Å². The molecule has 13 heavy (non-hydrogen) atoms. The summed E-state index contributed by atoms with van der Waals surface area (Å²) in [4.78, 5) is 0. The molecule has 0 spiro atoms. The van der Waals surface area contributed by atoms with Crippen molar-refractivity contribution in [2.75, 3.05) is 0 Å². The number of hydrogen-bond donors (Lipinski definition) is 0. The van der Waals surface area contributed by atoms with E-state index in [1.54, 1.807) is 6.07 Å². The van der Waals surface area contributed by atoms with Gasteiger partial charge in [0.25, 0.3) is 0 Å². The maximum absolute atomic E-state index is 12.3. The predicted octanol–water partition coefficient (Wildman–Crippen LogP) is 3.83. The molecule has 0 N–H and O–H groups in total. The van der Waals surface area contributed by atoms with Crippen molar-refractivity contribution >= 4 is 17.2 Å². The van der Waals surface area contributed by atoms with E-state index in [1.165, 1.54) is 24.3 Å². The lowest BCUT2D eigenvalue weighted by Crippen LogP contribution is -2.09. The highest BCUT2D eigenvalue weighted by Crippen LogP contribution is 2.33. The fourth-order valence-corrected chi connectivity index (χ4v) is 1.16. The van der Waals surface area contributed by atoms with E-state index < -0.39 is 11.7 Å². The minimum Gasteiger partial charge on any atom is -0.166 e. The first-order valence-electron chi connectivity index (χ1n) is 3.48. The number of hydrogen-bond acceptors (Lipinski definition) is 0. The maximum atomic E-state index is 12.3. The average molecular weight is 207 g/mol. The van der Waals surface area contributed by atoms with Gasteiger partial charge in [0.15, 0.2) is 0 Å². The van der Waals surface area contributed by atoms with Crippen LogP contribution in [0.5, 0.6) is 0 Å². The molecule has 4 heteroatoms. The molecule has 70 valence electrons. The van der Waals surface area contributed by atoms with Crippen LogP contribution >= 0.6 is 11.6 Å². The van der Waals surface area contributed by atoms with Crippen LogP contribution in [0.25, 0.3) is 5.57 Å². The smallest absolute Gasteiger partial charge is 0.166 e. The van der Waals surface area contributed by atoms with Crippen molar-refractivity contribution in [3.8, 4) is 0 Å². The van der Waals surface area contributed by atoms with Gasteiger partial charge in [-0.25, -0.2) is 0 Å². The monoisotopic (exact) mass is 206 g/mol. The Balaban J connectivity index is 3.08. The number of benzene rings is 1. The summed E-state index contributed by atoms with van der Waals surface area (Å²) in [6, 6.07) is 7.43. The number of alkyl halides is 3. The van der Waals surface area contributed by atoms with Gasteiger partial charge in [-0.2, -0.15) is 13.2 Å². The molecule has 0 bridgehead atoms. The Hall–Kier alpha value is -0.960. The first kappa shape index (κ1) is 10.1. The van der Waals surface area contributed by atoms with Crippen LogP contribution in [0.4, 0.5) is 13.2 Å². The molecule has 0 nitrogen and oxygen atoms in total. The molecule has 0 aromatic heterocycles. The fourth-order valence-electron chi connectivity index (χ4n) is 0.906. The summed E-state index contributed by atoms with van der Waals surface area (Å²) in [5.41, 5.74) is -0.199. The molecule has 0 atom stereocenters. The Bertz CT molecular complexity index is 300. The van der Waals surface area contributed by atoms with E-state index in [4.69, 9.17) is 11.6 Å². The fraction of sp³-hybridized carbons (Fsp3) is 0.111. The summed E-state index contributed by atoms with van der Waals surface area (Å²) >= 11 is 5.10. The van der Waals surface area contributed by atoms with E-state index in [-0.39, 0.29) is 5.56 Å². The molecule has 0 aliphatic carbocycles. The molecular weight excluding hydrogens is 201 g/mol. The Kier molecular flexibility index (Phi) is 2.98. The van der Waals surface area contributed by atoms with Crippen LogP contribution in [0.3, 0.4) is 0 Å². The molecule has 0 radical (unpaired) electrons. The largest absolute Gasteiger partial charge is 0.417 e. The van der Waals surface area contributed by atoms with Gasteiger partial charge in [-0.1, -0.05) is 41.9 Å². The summed E-state index contributed by atoms with van der Waals surface area (Å²) in [5.74, 6) is 0. The van der Waals surface area contributed by atoms with Crippen LogP contribution in [-0.2, 0) is 0 Å². The summed E-state index contributed by atoms with van der Waals surface area (Å²) < 4.78 is 36.8. The third-order valence-corrected chi connectivity index (χ3v) is 1.72. The summed E-state index contributed by atoms with van der Waals surface area (Å²) in [6.07, 6.45) is -4.40. The minimum absolute atomic E-state index is 0.0741. The van der Waals surface area contributed by atoms with Crippen molar-refractivity contribution in [1.29, 1.82) is 0 Å². The molecule has 1 aromatic carbocycles. The molecule has 0 saturated heterocycles. The molecule has 0 aliphatic heterocycles. The first-order chi connectivity index (χ1) is 6.05. The zero-order valence-corrected chi connectivity index (χ0v) is 7.23. The van der Waals surface area contributed by atoms with Crippen LogP contribution in [0.1, 0.15) is 5.56 Å². The van der Waals surface area contributed by atoms with Crippen molar-refractivity contribution in [1.82, 2.24) is 0 Å². The topological polar surface area (TPSA) is 0 Å². The molecule has 0 unspecified atom stereocenters.